The van der Waals surface area contributed by atoms with Crippen molar-refractivity contribution < 1.29 is 14.3 Å². The number of nitrogens with zero attached hydrogens (tertiary/aromatic N) is 2. The molecule has 160 valence electrons. The summed E-state index contributed by atoms with van der Waals surface area (Å²) in [7, 11) is 0. The first kappa shape index (κ1) is 21.1. The largest absolute Gasteiger partial charge is 0.457 e. The summed E-state index contributed by atoms with van der Waals surface area (Å²) in [6.45, 7) is 2.65. The van der Waals surface area contributed by atoms with Gasteiger partial charge in [-0.3, -0.25) is 9.59 Å². The molecule has 0 saturated carbocycles. The van der Waals surface area contributed by atoms with E-state index in [1.54, 1.807) is 53.4 Å². The Kier molecular flexibility index (Phi) is 6.18. The van der Waals surface area contributed by atoms with Crippen LogP contribution in [0.1, 0.15) is 47.3 Å². The van der Waals surface area contributed by atoms with Crippen LogP contribution in [0.2, 0.25) is 0 Å². The first-order valence-corrected chi connectivity index (χ1v) is 10.5. The van der Waals surface area contributed by atoms with E-state index in [0.717, 1.165) is 24.2 Å². The van der Waals surface area contributed by atoms with Crippen molar-refractivity contribution in [2.24, 2.45) is 0 Å². The summed E-state index contributed by atoms with van der Waals surface area (Å²) >= 11 is 0. The molecule has 2 amide bonds. The van der Waals surface area contributed by atoms with Crippen LogP contribution in [0.15, 0.2) is 72.8 Å². The molecule has 0 bridgehead atoms. The highest BCUT2D eigenvalue weighted by Gasteiger charge is 2.22. The van der Waals surface area contributed by atoms with E-state index in [1.165, 1.54) is 0 Å². The summed E-state index contributed by atoms with van der Waals surface area (Å²) in [6.07, 6.45) is 1.45. The average molecular weight is 425 g/mol. The lowest BCUT2D eigenvalue weighted by Crippen LogP contribution is -2.27. The van der Waals surface area contributed by atoms with Gasteiger partial charge in [0.1, 0.15) is 11.5 Å². The van der Waals surface area contributed by atoms with Gasteiger partial charge in [0, 0.05) is 24.2 Å². The number of nitriles is 1. The fourth-order valence-electron chi connectivity index (χ4n) is 3.68. The molecule has 32 heavy (non-hydrogen) atoms. The number of ether oxygens (including phenoxy) is 1. The first-order chi connectivity index (χ1) is 15.5. The molecule has 3 aromatic carbocycles. The number of rotatable bonds is 6. The number of benzene rings is 3. The van der Waals surface area contributed by atoms with Crippen molar-refractivity contribution in [1.82, 2.24) is 5.32 Å². The fourth-order valence-corrected chi connectivity index (χ4v) is 3.68. The van der Waals surface area contributed by atoms with Gasteiger partial charge in [-0.25, -0.2) is 0 Å². The zero-order valence-electron chi connectivity index (χ0n) is 17.7. The van der Waals surface area contributed by atoms with Gasteiger partial charge in [0.25, 0.3) is 5.91 Å². The van der Waals surface area contributed by atoms with E-state index in [0.29, 0.717) is 29.0 Å². The number of anilines is 1. The summed E-state index contributed by atoms with van der Waals surface area (Å²) in [6, 6.07) is 23.3. The Hall–Kier alpha value is -4.11. The van der Waals surface area contributed by atoms with Crippen molar-refractivity contribution in [3.8, 4) is 17.6 Å². The minimum absolute atomic E-state index is 0.137. The minimum atomic E-state index is -0.233. The standard InChI is InChI=1S/C26H23N3O3/c1-18(20-5-2-7-22(15-20)29-14-4-9-25(29)30)28-26(31)21-6-3-8-24(16-21)32-23-12-10-19(17-27)11-13-23/h2-3,5-8,10-13,15-16,18H,4,9,14H2,1H3,(H,28,31). The molecule has 1 fully saturated rings. The lowest BCUT2D eigenvalue weighted by molar-refractivity contribution is -0.117. The number of carbonyl (C=O) groups is 2. The van der Waals surface area contributed by atoms with Crippen molar-refractivity contribution in [3.05, 3.63) is 89.5 Å². The van der Waals surface area contributed by atoms with E-state index in [1.807, 2.05) is 31.2 Å². The maximum Gasteiger partial charge on any atom is 0.251 e. The van der Waals surface area contributed by atoms with Crippen molar-refractivity contribution in [1.29, 1.82) is 5.26 Å². The summed E-state index contributed by atoms with van der Waals surface area (Å²) < 4.78 is 5.81. The summed E-state index contributed by atoms with van der Waals surface area (Å²) in [5, 5.41) is 11.9. The van der Waals surface area contributed by atoms with Gasteiger partial charge < -0.3 is 15.0 Å². The molecule has 1 unspecified atom stereocenters. The van der Waals surface area contributed by atoms with E-state index in [-0.39, 0.29) is 17.9 Å². The lowest BCUT2D eigenvalue weighted by Gasteiger charge is -2.19. The number of hydrogen-bond donors (Lipinski definition) is 1. The van der Waals surface area contributed by atoms with Gasteiger partial charge >= 0.3 is 0 Å². The van der Waals surface area contributed by atoms with Crippen LogP contribution >= 0.6 is 0 Å². The SMILES string of the molecule is CC(NC(=O)c1cccc(Oc2ccc(C#N)cc2)c1)c1cccc(N2CCCC2=O)c1. The number of carbonyl (C=O) groups excluding carboxylic acids is 2. The molecule has 3 aromatic rings. The molecule has 0 radical (unpaired) electrons. The van der Waals surface area contributed by atoms with Crippen LogP contribution in [0.5, 0.6) is 11.5 Å². The predicted molar refractivity (Wildman–Crippen MR) is 122 cm³/mol. The zero-order valence-corrected chi connectivity index (χ0v) is 17.7. The minimum Gasteiger partial charge on any atom is -0.457 e. The van der Waals surface area contributed by atoms with E-state index in [2.05, 4.69) is 11.4 Å². The average Bonchev–Trinajstić information content (AvgIpc) is 3.25. The van der Waals surface area contributed by atoms with Gasteiger partial charge in [-0.05, 0) is 73.5 Å². The molecule has 1 saturated heterocycles. The van der Waals surface area contributed by atoms with Crippen molar-refractivity contribution in [2.75, 3.05) is 11.4 Å². The lowest BCUT2D eigenvalue weighted by atomic mass is 10.1. The van der Waals surface area contributed by atoms with Gasteiger partial charge in [-0.2, -0.15) is 5.26 Å². The molecule has 4 rings (SSSR count). The zero-order chi connectivity index (χ0) is 22.5. The van der Waals surface area contributed by atoms with E-state index >= 15 is 0 Å². The topological polar surface area (TPSA) is 82.4 Å². The summed E-state index contributed by atoms with van der Waals surface area (Å²) in [5.74, 6) is 1.04. The van der Waals surface area contributed by atoms with Crippen LogP contribution in [0.4, 0.5) is 5.69 Å². The van der Waals surface area contributed by atoms with Gasteiger partial charge in [-0.1, -0.05) is 18.2 Å². The maximum atomic E-state index is 12.8. The molecule has 1 aliphatic rings. The van der Waals surface area contributed by atoms with Gasteiger partial charge in [0.2, 0.25) is 5.91 Å². The van der Waals surface area contributed by atoms with Crippen LogP contribution in [-0.4, -0.2) is 18.4 Å². The van der Waals surface area contributed by atoms with Gasteiger partial charge in [0.15, 0.2) is 0 Å². The molecule has 0 spiro atoms. The number of hydrogen-bond acceptors (Lipinski definition) is 4. The van der Waals surface area contributed by atoms with Crippen molar-refractivity contribution in [3.63, 3.8) is 0 Å². The molecule has 1 N–H and O–H groups in total. The second kappa shape index (κ2) is 9.36. The number of nitrogens with one attached hydrogen (secondary N) is 1. The van der Waals surface area contributed by atoms with Crippen molar-refractivity contribution in [2.45, 2.75) is 25.8 Å². The Morgan fingerprint density at radius 3 is 2.56 bits per heavy atom. The Balaban J connectivity index is 1.44. The van der Waals surface area contributed by atoms with E-state index in [9.17, 15) is 9.59 Å². The monoisotopic (exact) mass is 425 g/mol. The van der Waals surface area contributed by atoms with Crippen LogP contribution in [-0.2, 0) is 4.79 Å². The highest BCUT2D eigenvalue weighted by Crippen LogP contribution is 2.26. The third-order valence-electron chi connectivity index (χ3n) is 5.42. The molecule has 1 atom stereocenters. The quantitative estimate of drug-likeness (QED) is 0.605. The van der Waals surface area contributed by atoms with Gasteiger partial charge in [-0.15, -0.1) is 0 Å². The molecule has 1 heterocycles. The van der Waals surface area contributed by atoms with Crippen LogP contribution in [0, 0.1) is 11.3 Å². The summed E-state index contributed by atoms with van der Waals surface area (Å²) in [5.41, 5.74) is 2.83. The molecule has 0 aromatic heterocycles. The molecular formula is C26H23N3O3. The van der Waals surface area contributed by atoms with E-state index in [4.69, 9.17) is 10.00 Å². The predicted octanol–water partition coefficient (Wildman–Crippen LogP) is 4.97. The van der Waals surface area contributed by atoms with Crippen LogP contribution in [0.3, 0.4) is 0 Å². The second-order valence-electron chi connectivity index (χ2n) is 7.71. The van der Waals surface area contributed by atoms with Crippen LogP contribution < -0.4 is 15.0 Å². The van der Waals surface area contributed by atoms with Gasteiger partial charge in [0.05, 0.1) is 17.7 Å². The molecule has 0 aliphatic carbocycles. The summed E-state index contributed by atoms with van der Waals surface area (Å²) in [4.78, 5) is 26.7. The third-order valence-corrected chi connectivity index (χ3v) is 5.42. The fraction of sp³-hybridized carbons (Fsp3) is 0.192. The maximum absolute atomic E-state index is 12.8. The smallest absolute Gasteiger partial charge is 0.251 e. The Morgan fingerprint density at radius 1 is 1.06 bits per heavy atom. The molecule has 6 heteroatoms. The number of amides is 2. The molecule has 1 aliphatic heterocycles. The molecule has 6 nitrogen and oxygen atoms in total. The highest BCUT2D eigenvalue weighted by molar-refractivity contribution is 5.96. The van der Waals surface area contributed by atoms with Crippen molar-refractivity contribution >= 4 is 17.5 Å². The van der Waals surface area contributed by atoms with E-state index < -0.39 is 0 Å². The third kappa shape index (κ3) is 4.79. The van der Waals surface area contributed by atoms with Crippen LogP contribution in [0.25, 0.3) is 0 Å². The Morgan fingerprint density at radius 2 is 1.84 bits per heavy atom. The molecular weight excluding hydrogens is 402 g/mol. The normalized spacial score (nSPS) is 14.0. The highest BCUT2D eigenvalue weighted by atomic mass is 16.5. The second-order valence-corrected chi connectivity index (χ2v) is 7.71. The first-order valence-electron chi connectivity index (χ1n) is 10.5. The Bertz CT molecular complexity index is 1180. The Labute approximate surface area is 187 Å².